The summed E-state index contributed by atoms with van der Waals surface area (Å²) in [6, 6.07) is 6.71. The second-order valence-electron chi connectivity index (χ2n) is 4.57. The molecule has 1 aliphatic rings. The summed E-state index contributed by atoms with van der Waals surface area (Å²) in [4.78, 5) is 11.4. The fourth-order valence-electron chi connectivity index (χ4n) is 2.28. The van der Waals surface area contributed by atoms with Crippen LogP contribution in [0.1, 0.15) is 42.6 Å². The van der Waals surface area contributed by atoms with E-state index in [-0.39, 0.29) is 5.78 Å². The zero-order chi connectivity index (χ0) is 12.0. The van der Waals surface area contributed by atoms with Gasteiger partial charge in [0.1, 0.15) is 0 Å². The van der Waals surface area contributed by atoms with Crippen LogP contribution in [0.2, 0.25) is 0 Å². The lowest BCUT2D eigenvalue weighted by molar-refractivity contribution is -0.0201. The topological polar surface area (TPSA) is 17.1 Å². The number of hydrogen-bond donors (Lipinski definition) is 0. The van der Waals surface area contributed by atoms with Crippen LogP contribution in [0.3, 0.4) is 0 Å². The van der Waals surface area contributed by atoms with E-state index in [1.807, 2.05) is 0 Å². The highest BCUT2D eigenvalue weighted by atomic mass is 19.3. The summed E-state index contributed by atoms with van der Waals surface area (Å²) in [7, 11) is 0. The molecule has 0 radical (unpaired) electrons. The number of benzene rings is 1. The van der Waals surface area contributed by atoms with E-state index in [0.717, 1.165) is 6.92 Å². The van der Waals surface area contributed by atoms with Crippen molar-refractivity contribution in [3.05, 3.63) is 35.4 Å². The maximum absolute atomic E-state index is 13.6. The quantitative estimate of drug-likeness (QED) is 0.717. The lowest BCUT2D eigenvalue weighted by Gasteiger charge is -2.25. The highest BCUT2D eigenvalue weighted by molar-refractivity contribution is 5.96. The first-order valence-corrected chi connectivity index (χ1v) is 5.37. The van der Waals surface area contributed by atoms with Crippen LogP contribution in [0.25, 0.3) is 0 Å². The highest BCUT2D eigenvalue weighted by Gasteiger charge is 2.60. The van der Waals surface area contributed by atoms with Crippen molar-refractivity contribution < 1.29 is 13.6 Å². The minimum Gasteiger partial charge on any atom is -0.295 e. The molecule has 1 aromatic rings. The standard InChI is InChI=1S/C13H14F2O/c1-9(16)10-5-3-4-6-11(10)13(7-8-13)12(2,14)15/h3-6H,7-8H2,1-2H3. The Labute approximate surface area is 93.5 Å². The average Bonchev–Trinajstić information content (AvgIpc) is 2.97. The van der Waals surface area contributed by atoms with Crippen LogP contribution in [-0.4, -0.2) is 11.7 Å². The van der Waals surface area contributed by atoms with Gasteiger partial charge in [0, 0.05) is 12.5 Å². The number of carbonyl (C=O) groups is 1. The number of halogens is 2. The first-order valence-electron chi connectivity index (χ1n) is 5.37. The van der Waals surface area contributed by atoms with Crippen molar-refractivity contribution in [1.29, 1.82) is 0 Å². The van der Waals surface area contributed by atoms with E-state index in [4.69, 9.17) is 0 Å². The largest absolute Gasteiger partial charge is 0.295 e. The summed E-state index contributed by atoms with van der Waals surface area (Å²) in [6.45, 7) is 2.36. The molecule has 0 heterocycles. The van der Waals surface area contributed by atoms with E-state index in [9.17, 15) is 13.6 Å². The molecule has 0 atom stereocenters. The molecule has 86 valence electrons. The molecule has 1 saturated carbocycles. The van der Waals surface area contributed by atoms with Gasteiger partial charge in [-0.3, -0.25) is 4.79 Å². The fourth-order valence-corrected chi connectivity index (χ4v) is 2.28. The van der Waals surface area contributed by atoms with E-state index < -0.39 is 11.3 Å². The lowest BCUT2D eigenvalue weighted by Crippen LogP contribution is -2.31. The number of Topliss-reactive ketones (excluding diaryl/α,β-unsaturated/α-hetero) is 1. The maximum Gasteiger partial charge on any atom is 0.254 e. The van der Waals surface area contributed by atoms with E-state index in [2.05, 4.69) is 0 Å². The molecular formula is C13H14F2O. The molecule has 1 aromatic carbocycles. The van der Waals surface area contributed by atoms with Crippen LogP contribution < -0.4 is 0 Å². The monoisotopic (exact) mass is 224 g/mol. The minimum absolute atomic E-state index is 0.147. The van der Waals surface area contributed by atoms with Crippen molar-refractivity contribution in [3.8, 4) is 0 Å². The number of carbonyl (C=O) groups excluding carboxylic acids is 1. The number of rotatable bonds is 3. The predicted octanol–water partition coefficient (Wildman–Crippen LogP) is 3.58. The van der Waals surface area contributed by atoms with Gasteiger partial charge in [-0.1, -0.05) is 24.3 Å². The van der Waals surface area contributed by atoms with Crippen LogP contribution in [-0.2, 0) is 5.41 Å². The fraction of sp³-hybridized carbons (Fsp3) is 0.462. The first-order chi connectivity index (χ1) is 7.38. The number of hydrogen-bond acceptors (Lipinski definition) is 1. The molecule has 0 aliphatic heterocycles. The van der Waals surface area contributed by atoms with E-state index in [0.29, 0.717) is 24.0 Å². The van der Waals surface area contributed by atoms with Crippen molar-refractivity contribution in [2.24, 2.45) is 0 Å². The van der Waals surface area contributed by atoms with Crippen LogP contribution in [0.15, 0.2) is 24.3 Å². The molecule has 16 heavy (non-hydrogen) atoms. The van der Waals surface area contributed by atoms with Gasteiger partial charge in [0.05, 0.1) is 5.41 Å². The van der Waals surface area contributed by atoms with E-state index in [1.54, 1.807) is 24.3 Å². The van der Waals surface area contributed by atoms with Crippen molar-refractivity contribution in [2.45, 2.75) is 38.0 Å². The van der Waals surface area contributed by atoms with Crippen LogP contribution in [0.5, 0.6) is 0 Å². The Morgan fingerprint density at radius 3 is 2.31 bits per heavy atom. The van der Waals surface area contributed by atoms with Gasteiger partial charge in [-0.2, -0.15) is 0 Å². The van der Waals surface area contributed by atoms with Gasteiger partial charge in [-0.05, 0) is 25.3 Å². The maximum atomic E-state index is 13.6. The lowest BCUT2D eigenvalue weighted by atomic mass is 9.85. The van der Waals surface area contributed by atoms with Crippen LogP contribution in [0.4, 0.5) is 8.78 Å². The van der Waals surface area contributed by atoms with Gasteiger partial charge in [0.15, 0.2) is 5.78 Å². The molecule has 0 N–H and O–H groups in total. The molecule has 0 spiro atoms. The van der Waals surface area contributed by atoms with E-state index >= 15 is 0 Å². The smallest absolute Gasteiger partial charge is 0.254 e. The van der Waals surface area contributed by atoms with Gasteiger partial charge < -0.3 is 0 Å². The summed E-state index contributed by atoms with van der Waals surface area (Å²) in [5.74, 6) is -2.91. The van der Waals surface area contributed by atoms with Gasteiger partial charge in [-0.15, -0.1) is 0 Å². The highest BCUT2D eigenvalue weighted by Crippen LogP contribution is 2.58. The molecule has 3 heteroatoms. The van der Waals surface area contributed by atoms with Gasteiger partial charge in [0.2, 0.25) is 0 Å². The third-order valence-electron chi connectivity index (χ3n) is 3.41. The normalized spacial score (nSPS) is 18.2. The predicted molar refractivity (Wildman–Crippen MR) is 58.0 cm³/mol. The Kier molecular flexibility index (Phi) is 2.37. The molecule has 0 amide bonds. The zero-order valence-corrected chi connectivity index (χ0v) is 9.39. The zero-order valence-electron chi connectivity index (χ0n) is 9.39. The molecule has 1 aliphatic carbocycles. The summed E-state index contributed by atoms with van der Waals surface area (Å²) >= 11 is 0. The Morgan fingerprint density at radius 2 is 1.88 bits per heavy atom. The van der Waals surface area contributed by atoms with Crippen molar-refractivity contribution in [2.75, 3.05) is 0 Å². The summed E-state index contributed by atoms with van der Waals surface area (Å²) in [5, 5.41) is 0. The SMILES string of the molecule is CC(=O)c1ccccc1C1(C(C)(F)F)CC1. The van der Waals surface area contributed by atoms with Gasteiger partial charge >= 0.3 is 0 Å². The summed E-state index contributed by atoms with van der Waals surface area (Å²) in [6.07, 6.45) is 0.918. The molecular weight excluding hydrogens is 210 g/mol. The van der Waals surface area contributed by atoms with Crippen LogP contribution in [0, 0.1) is 0 Å². The van der Waals surface area contributed by atoms with Crippen molar-refractivity contribution in [3.63, 3.8) is 0 Å². The van der Waals surface area contributed by atoms with Crippen molar-refractivity contribution in [1.82, 2.24) is 0 Å². The summed E-state index contributed by atoms with van der Waals surface area (Å²) in [5.41, 5.74) is -0.161. The Balaban J connectivity index is 2.53. The Bertz CT molecular complexity index is 428. The van der Waals surface area contributed by atoms with Gasteiger partial charge in [-0.25, -0.2) is 8.78 Å². The Morgan fingerprint density at radius 1 is 1.31 bits per heavy atom. The second kappa shape index (κ2) is 3.37. The van der Waals surface area contributed by atoms with Crippen molar-refractivity contribution >= 4 is 5.78 Å². The third kappa shape index (κ3) is 1.55. The minimum atomic E-state index is -2.77. The molecule has 0 unspecified atom stereocenters. The second-order valence-corrected chi connectivity index (χ2v) is 4.57. The third-order valence-corrected chi connectivity index (χ3v) is 3.41. The molecule has 0 aromatic heterocycles. The average molecular weight is 224 g/mol. The molecule has 1 nitrogen and oxygen atoms in total. The first kappa shape index (κ1) is 11.2. The molecule has 0 bridgehead atoms. The Hall–Kier alpha value is -1.25. The summed E-state index contributed by atoms with van der Waals surface area (Å²) < 4.78 is 27.2. The number of ketones is 1. The van der Waals surface area contributed by atoms with Crippen LogP contribution >= 0.6 is 0 Å². The van der Waals surface area contributed by atoms with Gasteiger partial charge in [0.25, 0.3) is 5.92 Å². The van der Waals surface area contributed by atoms with E-state index in [1.165, 1.54) is 6.92 Å². The molecule has 2 rings (SSSR count). The molecule has 1 fully saturated rings. The molecule has 0 saturated heterocycles. The number of alkyl halides is 2.